The standard InChI is InChI=1S/C17H17FN4O2/c1-10-8-12(14-15(19-10)22(3)20-16(14)23)17(24)21(2)9-11-6-4-5-7-13(11)18/h4-8H,9H2,1-3H3,(H,20,23). The van der Waals surface area contributed by atoms with Crippen LogP contribution in [-0.2, 0) is 13.6 Å². The maximum atomic E-state index is 13.8. The number of hydrogen-bond acceptors (Lipinski definition) is 3. The van der Waals surface area contributed by atoms with Crippen molar-refractivity contribution in [3.8, 4) is 0 Å². The molecule has 3 aromatic rings. The highest BCUT2D eigenvalue weighted by atomic mass is 19.1. The molecular weight excluding hydrogens is 311 g/mol. The summed E-state index contributed by atoms with van der Waals surface area (Å²) < 4.78 is 15.3. The highest BCUT2D eigenvalue weighted by Gasteiger charge is 2.21. The molecule has 1 N–H and O–H groups in total. The first-order valence-corrected chi connectivity index (χ1v) is 7.43. The van der Waals surface area contributed by atoms with Crippen LogP contribution in [0.3, 0.4) is 0 Å². The van der Waals surface area contributed by atoms with E-state index in [1.807, 2.05) is 0 Å². The number of aromatic amines is 1. The topological polar surface area (TPSA) is 71.0 Å². The second-order valence-corrected chi connectivity index (χ2v) is 5.76. The summed E-state index contributed by atoms with van der Waals surface area (Å²) in [4.78, 5) is 30.6. The minimum atomic E-state index is -0.373. The number of halogens is 1. The molecular formula is C17H17FN4O2. The van der Waals surface area contributed by atoms with Crippen molar-refractivity contribution in [2.24, 2.45) is 7.05 Å². The molecule has 7 heteroatoms. The van der Waals surface area contributed by atoms with Crippen LogP contribution in [0.15, 0.2) is 35.1 Å². The van der Waals surface area contributed by atoms with Crippen LogP contribution < -0.4 is 5.56 Å². The minimum absolute atomic E-state index is 0.110. The molecule has 1 amide bonds. The maximum absolute atomic E-state index is 13.8. The van der Waals surface area contributed by atoms with Crippen molar-refractivity contribution >= 4 is 16.9 Å². The first-order chi connectivity index (χ1) is 11.4. The SMILES string of the molecule is Cc1cc(C(=O)N(C)Cc2ccccc2F)c2c(=O)[nH]n(C)c2n1. The predicted octanol–water partition coefficient (Wildman–Crippen LogP) is 1.98. The van der Waals surface area contributed by atoms with E-state index >= 15 is 0 Å². The monoisotopic (exact) mass is 328 g/mol. The van der Waals surface area contributed by atoms with Crippen LogP contribution in [0.1, 0.15) is 21.6 Å². The van der Waals surface area contributed by atoms with E-state index in [-0.39, 0.29) is 34.8 Å². The largest absolute Gasteiger partial charge is 0.337 e. The van der Waals surface area contributed by atoms with E-state index in [4.69, 9.17) is 0 Å². The molecule has 0 fully saturated rings. The molecule has 0 saturated heterocycles. The number of nitrogens with zero attached hydrogens (tertiary/aromatic N) is 3. The zero-order valence-electron chi connectivity index (χ0n) is 13.6. The quantitative estimate of drug-likeness (QED) is 0.799. The molecule has 0 aliphatic rings. The molecule has 0 bridgehead atoms. The number of fused-ring (bicyclic) bond motifs is 1. The molecule has 0 aliphatic heterocycles. The van der Waals surface area contributed by atoms with Gasteiger partial charge in [0.1, 0.15) is 5.82 Å². The van der Waals surface area contributed by atoms with Crippen LogP contribution in [0.25, 0.3) is 11.0 Å². The molecule has 0 unspecified atom stereocenters. The summed E-state index contributed by atoms with van der Waals surface area (Å²) in [5.74, 6) is -0.726. The Morgan fingerprint density at radius 1 is 1.38 bits per heavy atom. The number of carbonyl (C=O) groups is 1. The molecule has 0 atom stereocenters. The zero-order chi connectivity index (χ0) is 17.4. The average Bonchev–Trinajstić information content (AvgIpc) is 2.82. The van der Waals surface area contributed by atoms with Crippen molar-refractivity contribution in [3.63, 3.8) is 0 Å². The van der Waals surface area contributed by atoms with E-state index in [1.165, 1.54) is 15.6 Å². The molecule has 6 nitrogen and oxygen atoms in total. The molecule has 0 radical (unpaired) electrons. The number of hydrogen-bond donors (Lipinski definition) is 1. The summed E-state index contributed by atoms with van der Waals surface area (Å²) in [5, 5.41) is 2.85. The maximum Gasteiger partial charge on any atom is 0.274 e. The molecule has 24 heavy (non-hydrogen) atoms. The second kappa shape index (κ2) is 5.92. The highest BCUT2D eigenvalue weighted by Crippen LogP contribution is 2.18. The highest BCUT2D eigenvalue weighted by molar-refractivity contribution is 6.05. The Morgan fingerprint density at radius 3 is 2.79 bits per heavy atom. The van der Waals surface area contributed by atoms with Gasteiger partial charge in [0.15, 0.2) is 5.65 Å². The van der Waals surface area contributed by atoms with Crippen molar-refractivity contribution in [3.05, 3.63) is 63.3 Å². The van der Waals surface area contributed by atoms with Gasteiger partial charge in [-0.3, -0.25) is 19.4 Å². The van der Waals surface area contributed by atoms with Gasteiger partial charge in [0.2, 0.25) is 0 Å². The lowest BCUT2D eigenvalue weighted by Crippen LogP contribution is -2.27. The number of pyridine rings is 1. The number of benzene rings is 1. The predicted molar refractivity (Wildman–Crippen MR) is 88.3 cm³/mol. The smallest absolute Gasteiger partial charge is 0.274 e. The van der Waals surface area contributed by atoms with Gasteiger partial charge in [-0.1, -0.05) is 18.2 Å². The molecule has 1 aromatic carbocycles. The van der Waals surface area contributed by atoms with E-state index in [2.05, 4.69) is 10.1 Å². The second-order valence-electron chi connectivity index (χ2n) is 5.76. The lowest BCUT2D eigenvalue weighted by Gasteiger charge is -2.18. The molecule has 3 rings (SSSR count). The van der Waals surface area contributed by atoms with Crippen molar-refractivity contribution in [1.29, 1.82) is 0 Å². The minimum Gasteiger partial charge on any atom is -0.337 e. The third-order valence-corrected chi connectivity index (χ3v) is 3.88. The summed E-state index contributed by atoms with van der Waals surface area (Å²) in [6.45, 7) is 1.86. The van der Waals surface area contributed by atoms with Gasteiger partial charge in [-0.25, -0.2) is 9.37 Å². The van der Waals surface area contributed by atoms with E-state index in [0.717, 1.165) is 0 Å². The summed E-state index contributed by atoms with van der Waals surface area (Å²) in [6.07, 6.45) is 0. The van der Waals surface area contributed by atoms with Gasteiger partial charge in [0, 0.05) is 31.9 Å². The van der Waals surface area contributed by atoms with E-state index in [9.17, 15) is 14.0 Å². The Hall–Kier alpha value is -2.96. The van der Waals surface area contributed by atoms with Gasteiger partial charge in [0.25, 0.3) is 11.5 Å². The van der Waals surface area contributed by atoms with Crippen molar-refractivity contribution < 1.29 is 9.18 Å². The Morgan fingerprint density at radius 2 is 2.08 bits per heavy atom. The number of aromatic nitrogens is 3. The molecule has 124 valence electrons. The molecule has 0 aliphatic carbocycles. The number of amides is 1. The summed E-state index contributed by atoms with van der Waals surface area (Å²) in [6, 6.07) is 7.87. The number of H-pyrrole nitrogens is 1. The number of rotatable bonds is 3. The molecule has 0 spiro atoms. The lowest BCUT2D eigenvalue weighted by molar-refractivity contribution is 0.0785. The number of aryl methyl sites for hydroxylation is 2. The van der Waals surface area contributed by atoms with Crippen molar-refractivity contribution in [1.82, 2.24) is 19.7 Å². The van der Waals surface area contributed by atoms with E-state index < -0.39 is 0 Å². The Labute approximate surface area is 137 Å². The summed E-state index contributed by atoms with van der Waals surface area (Å²) >= 11 is 0. The Bertz CT molecular complexity index is 990. The van der Waals surface area contributed by atoms with Crippen molar-refractivity contribution in [2.45, 2.75) is 13.5 Å². The molecule has 0 saturated carbocycles. The number of nitrogens with one attached hydrogen (secondary N) is 1. The third kappa shape index (κ3) is 2.68. The van der Waals surface area contributed by atoms with Gasteiger partial charge in [0.05, 0.1) is 10.9 Å². The van der Waals surface area contributed by atoms with Crippen LogP contribution in [0.5, 0.6) is 0 Å². The Kier molecular flexibility index (Phi) is 3.92. The van der Waals surface area contributed by atoms with E-state index in [1.54, 1.807) is 45.3 Å². The normalized spacial score (nSPS) is 11.0. The van der Waals surface area contributed by atoms with Crippen LogP contribution in [0, 0.1) is 12.7 Å². The third-order valence-electron chi connectivity index (χ3n) is 3.88. The van der Waals surface area contributed by atoms with Crippen LogP contribution >= 0.6 is 0 Å². The fourth-order valence-corrected chi connectivity index (χ4v) is 2.71. The first kappa shape index (κ1) is 15.9. The lowest BCUT2D eigenvalue weighted by atomic mass is 10.1. The van der Waals surface area contributed by atoms with E-state index in [0.29, 0.717) is 16.9 Å². The van der Waals surface area contributed by atoms with Crippen LogP contribution in [0.4, 0.5) is 4.39 Å². The summed E-state index contributed by atoms with van der Waals surface area (Å²) in [7, 11) is 3.24. The molecule has 2 heterocycles. The summed E-state index contributed by atoms with van der Waals surface area (Å²) in [5.41, 5.74) is 1.35. The Balaban J connectivity index is 2.02. The molecule has 2 aromatic heterocycles. The fraction of sp³-hybridized carbons (Fsp3) is 0.235. The van der Waals surface area contributed by atoms with Gasteiger partial charge in [-0.2, -0.15) is 0 Å². The van der Waals surface area contributed by atoms with Gasteiger partial charge >= 0.3 is 0 Å². The van der Waals surface area contributed by atoms with Gasteiger partial charge < -0.3 is 4.90 Å². The van der Waals surface area contributed by atoms with Gasteiger partial charge in [-0.05, 0) is 19.1 Å². The first-order valence-electron chi connectivity index (χ1n) is 7.43. The van der Waals surface area contributed by atoms with Gasteiger partial charge in [-0.15, -0.1) is 0 Å². The zero-order valence-corrected chi connectivity index (χ0v) is 13.6. The average molecular weight is 328 g/mol. The number of carbonyl (C=O) groups excluding carboxylic acids is 1. The van der Waals surface area contributed by atoms with Crippen LogP contribution in [0.2, 0.25) is 0 Å². The fourth-order valence-electron chi connectivity index (χ4n) is 2.71. The van der Waals surface area contributed by atoms with Crippen LogP contribution in [-0.4, -0.2) is 32.6 Å². The van der Waals surface area contributed by atoms with Crippen molar-refractivity contribution in [2.75, 3.05) is 7.05 Å².